The first-order chi connectivity index (χ1) is 11.1. The smallest absolute Gasteiger partial charge is 0.228 e. The quantitative estimate of drug-likeness (QED) is 0.911. The van der Waals surface area contributed by atoms with E-state index in [0.717, 1.165) is 28.9 Å². The van der Waals surface area contributed by atoms with Crippen molar-refractivity contribution in [3.8, 4) is 0 Å². The molecule has 0 bridgehead atoms. The van der Waals surface area contributed by atoms with Crippen LogP contribution in [0, 0.1) is 5.92 Å². The Hall–Kier alpha value is -2.63. The molecular formula is C17H18N4O2. The number of hydrogen-bond acceptors (Lipinski definition) is 3. The minimum atomic E-state index is 0.0231. The molecule has 6 nitrogen and oxygen atoms in total. The van der Waals surface area contributed by atoms with E-state index in [1.54, 1.807) is 4.68 Å². The highest BCUT2D eigenvalue weighted by molar-refractivity contribution is 5.97. The number of aryl methyl sites for hydroxylation is 2. The van der Waals surface area contributed by atoms with Crippen LogP contribution >= 0.6 is 0 Å². The van der Waals surface area contributed by atoms with Crippen LogP contribution in [0.3, 0.4) is 0 Å². The molecular weight excluding hydrogens is 292 g/mol. The highest BCUT2D eigenvalue weighted by Gasteiger charge is 2.44. The molecule has 2 heterocycles. The molecule has 2 N–H and O–H groups in total. The molecule has 0 radical (unpaired) electrons. The average Bonchev–Trinajstić information content (AvgIpc) is 3.22. The lowest BCUT2D eigenvalue weighted by Gasteiger charge is -2.17. The van der Waals surface area contributed by atoms with Gasteiger partial charge in [-0.2, -0.15) is 5.10 Å². The van der Waals surface area contributed by atoms with Crippen molar-refractivity contribution in [3.63, 3.8) is 0 Å². The molecule has 23 heavy (non-hydrogen) atoms. The highest BCUT2D eigenvalue weighted by Crippen LogP contribution is 2.47. The summed E-state index contributed by atoms with van der Waals surface area (Å²) in [5.74, 6) is 0.403. The highest BCUT2D eigenvalue weighted by atomic mass is 16.2. The Kier molecular flexibility index (Phi) is 3.18. The molecule has 2 aliphatic rings. The molecule has 6 heteroatoms. The van der Waals surface area contributed by atoms with Crippen molar-refractivity contribution >= 4 is 23.2 Å². The van der Waals surface area contributed by atoms with Gasteiger partial charge in [0.2, 0.25) is 11.8 Å². The van der Waals surface area contributed by atoms with Crippen LogP contribution < -0.4 is 10.6 Å². The predicted octanol–water partition coefficient (Wildman–Crippen LogP) is 2.05. The molecule has 1 aliphatic heterocycles. The maximum absolute atomic E-state index is 12.4. The number of anilines is 2. The van der Waals surface area contributed by atoms with Gasteiger partial charge < -0.3 is 10.6 Å². The lowest BCUT2D eigenvalue weighted by Crippen LogP contribution is -2.20. The zero-order valence-electron chi connectivity index (χ0n) is 12.9. The predicted molar refractivity (Wildman–Crippen MR) is 86.1 cm³/mol. The Labute approximate surface area is 133 Å². The van der Waals surface area contributed by atoms with Crippen molar-refractivity contribution < 1.29 is 9.59 Å². The fourth-order valence-electron chi connectivity index (χ4n) is 3.18. The molecule has 1 aromatic carbocycles. The van der Waals surface area contributed by atoms with Crippen LogP contribution in [0.1, 0.15) is 29.9 Å². The van der Waals surface area contributed by atoms with Crippen LogP contribution in [-0.4, -0.2) is 21.6 Å². The van der Waals surface area contributed by atoms with Crippen molar-refractivity contribution in [1.29, 1.82) is 0 Å². The zero-order chi connectivity index (χ0) is 16.0. The summed E-state index contributed by atoms with van der Waals surface area (Å²) in [6.45, 7) is 0. The van der Waals surface area contributed by atoms with Crippen LogP contribution in [0.15, 0.2) is 30.6 Å². The summed E-state index contributed by atoms with van der Waals surface area (Å²) in [5, 5.41) is 10.00. The van der Waals surface area contributed by atoms with Crippen molar-refractivity contribution in [2.24, 2.45) is 13.0 Å². The number of hydrogen-bond donors (Lipinski definition) is 2. The van der Waals surface area contributed by atoms with Crippen LogP contribution in [0.5, 0.6) is 0 Å². The second kappa shape index (κ2) is 5.22. The topological polar surface area (TPSA) is 76.0 Å². The summed E-state index contributed by atoms with van der Waals surface area (Å²) in [5.41, 5.74) is 3.84. The molecule has 4 rings (SSSR count). The van der Waals surface area contributed by atoms with E-state index in [4.69, 9.17) is 0 Å². The molecule has 1 aliphatic carbocycles. The molecule has 1 saturated carbocycles. The summed E-state index contributed by atoms with van der Waals surface area (Å²) in [4.78, 5) is 23.7. The SMILES string of the molecule is Cn1cc([C@H]2C[C@@H]2C(=O)Nc2ccc3c(c2)CCC(=O)N3)cn1. The molecule has 0 unspecified atom stereocenters. The van der Waals surface area contributed by atoms with Crippen LogP contribution in [0.4, 0.5) is 11.4 Å². The van der Waals surface area contributed by atoms with Crippen molar-refractivity contribution in [2.45, 2.75) is 25.2 Å². The van der Waals surface area contributed by atoms with Crippen molar-refractivity contribution in [1.82, 2.24) is 9.78 Å². The van der Waals surface area contributed by atoms with E-state index >= 15 is 0 Å². The van der Waals surface area contributed by atoms with Crippen LogP contribution in [-0.2, 0) is 23.1 Å². The third-order valence-electron chi connectivity index (χ3n) is 4.55. The zero-order valence-corrected chi connectivity index (χ0v) is 12.9. The number of nitrogens with one attached hydrogen (secondary N) is 2. The van der Waals surface area contributed by atoms with E-state index in [2.05, 4.69) is 15.7 Å². The number of amides is 2. The van der Waals surface area contributed by atoms with Crippen LogP contribution in [0.2, 0.25) is 0 Å². The lowest BCUT2D eigenvalue weighted by molar-refractivity contribution is -0.117. The number of carbonyl (C=O) groups excluding carboxylic acids is 2. The largest absolute Gasteiger partial charge is 0.326 e. The second-order valence-corrected chi connectivity index (χ2v) is 6.31. The number of rotatable bonds is 3. The Morgan fingerprint density at radius 1 is 1.39 bits per heavy atom. The van der Waals surface area contributed by atoms with Gasteiger partial charge in [0, 0.05) is 37.0 Å². The van der Waals surface area contributed by atoms with E-state index in [0.29, 0.717) is 12.8 Å². The van der Waals surface area contributed by atoms with E-state index in [1.165, 1.54) is 0 Å². The third kappa shape index (κ3) is 2.72. The van der Waals surface area contributed by atoms with E-state index < -0.39 is 0 Å². The first-order valence-corrected chi connectivity index (χ1v) is 7.82. The summed E-state index contributed by atoms with van der Waals surface area (Å²) in [7, 11) is 1.88. The van der Waals surface area contributed by atoms with Gasteiger partial charge in [-0.25, -0.2) is 0 Å². The molecule has 2 amide bonds. The fraction of sp³-hybridized carbons (Fsp3) is 0.353. The normalized spacial score (nSPS) is 22.2. The lowest BCUT2D eigenvalue weighted by atomic mass is 10.0. The van der Waals surface area contributed by atoms with Gasteiger partial charge in [-0.3, -0.25) is 14.3 Å². The third-order valence-corrected chi connectivity index (χ3v) is 4.55. The van der Waals surface area contributed by atoms with Gasteiger partial charge >= 0.3 is 0 Å². The molecule has 1 fully saturated rings. The number of benzene rings is 1. The monoisotopic (exact) mass is 310 g/mol. The molecule has 2 aromatic rings. The molecule has 1 aromatic heterocycles. The van der Waals surface area contributed by atoms with Crippen molar-refractivity contribution in [2.75, 3.05) is 10.6 Å². The van der Waals surface area contributed by atoms with Gasteiger partial charge in [0.1, 0.15) is 0 Å². The standard InChI is InChI=1S/C17H18N4O2/c1-21-9-11(8-18-21)13-7-14(13)17(23)19-12-3-4-15-10(6-12)2-5-16(22)20-15/h3-4,6,8-9,13-14H,2,5,7H2,1H3,(H,19,23)(H,20,22)/t13-,14+/m1/s1. The minimum absolute atomic E-state index is 0.0231. The Bertz CT molecular complexity index is 796. The second-order valence-electron chi connectivity index (χ2n) is 6.31. The Morgan fingerprint density at radius 3 is 3.04 bits per heavy atom. The number of fused-ring (bicyclic) bond motifs is 1. The minimum Gasteiger partial charge on any atom is -0.326 e. The Morgan fingerprint density at radius 2 is 2.26 bits per heavy atom. The Balaban J connectivity index is 1.43. The summed E-state index contributed by atoms with van der Waals surface area (Å²) >= 11 is 0. The van der Waals surface area contributed by atoms with Gasteiger partial charge in [0.05, 0.1) is 6.20 Å². The van der Waals surface area contributed by atoms with Crippen LogP contribution in [0.25, 0.3) is 0 Å². The van der Waals surface area contributed by atoms with Gasteiger partial charge in [0.25, 0.3) is 0 Å². The van der Waals surface area contributed by atoms with Gasteiger partial charge in [0.15, 0.2) is 0 Å². The van der Waals surface area contributed by atoms with Crippen molar-refractivity contribution in [3.05, 3.63) is 41.7 Å². The van der Waals surface area contributed by atoms with Gasteiger partial charge in [-0.1, -0.05) is 0 Å². The number of nitrogens with zero attached hydrogens (tertiary/aromatic N) is 2. The molecule has 2 atom stereocenters. The van der Waals surface area contributed by atoms with Gasteiger partial charge in [-0.05, 0) is 48.1 Å². The fourth-order valence-corrected chi connectivity index (χ4v) is 3.18. The first kappa shape index (κ1) is 14.0. The van der Waals surface area contributed by atoms with E-state index in [-0.39, 0.29) is 23.7 Å². The summed E-state index contributed by atoms with van der Waals surface area (Å²) < 4.78 is 1.76. The van der Waals surface area contributed by atoms with E-state index in [9.17, 15) is 9.59 Å². The average molecular weight is 310 g/mol. The summed E-state index contributed by atoms with van der Waals surface area (Å²) in [6, 6.07) is 5.64. The molecule has 0 saturated heterocycles. The maximum atomic E-state index is 12.4. The summed E-state index contributed by atoms with van der Waals surface area (Å²) in [6.07, 6.45) is 5.89. The number of aromatic nitrogens is 2. The first-order valence-electron chi connectivity index (χ1n) is 7.82. The van der Waals surface area contributed by atoms with E-state index in [1.807, 2.05) is 37.6 Å². The maximum Gasteiger partial charge on any atom is 0.228 e. The molecule has 118 valence electrons. The van der Waals surface area contributed by atoms with Gasteiger partial charge in [-0.15, -0.1) is 0 Å². The molecule has 0 spiro atoms. The number of carbonyl (C=O) groups is 2.